The first-order valence-electron chi connectivity index (χ1n) is 6.79. The minimum atomic E-state index is -0.0812. The molecule has 0 aromatic heterocycles. The standard InChI is InChI=1S/C13H26N2O2/c1-4-7-12(13(16)17-5-2)15(3)10-11-8-6-9-14-11/h11-12,14H,4-10H2,1-3H3. The van der Waals surface area contributed by atoms with Crippen molar-refractivity contribution in [2.24, 2.45) is 0 Å². The van der Waals surface area contributed by atoms with Crippen molar-refractivity contribution < 1.29 is 9.53 Å². The maximum Gasteiger partial charge on any atom is 0.323 e. The Morgan fingerprint density at radius 1 is 1.53 bits per heavy atom. The summed E-state index contributed by atoms with van der Waals surface area (Å²) in [6, 6.07) is 0.455. The number of hydrogen-bond donors (Lipinski definition) is 1. The van der Waals surface area contributed by atoms with E-state index in [1.165, 1.54) is 12.8 Å². The zero-order valence-electron chi connectivity index (χ0n) is 11.4. The highest BCUT2D eigenvalue weighted by Gasteiger charge is 2.26. The topological polar surface area (TPSA) is 41.6 Å². The van der Waals surface area contributed by atoms with Gasteiger partial charge in [-0.25, -0.2) is 0 Å². The van der Waals surface area contributed by atoms with Crippen LogP contribution in [0.2, 0.25) is 0 Å². The zero-order valence-corrected chi connectivity index (χ0v) is 11.4. The zero-order chi connectivity index (χ0) is 12.7. The van der Waals surface area contributed by atoms with E-state index in [1.807, 2.05) is 14.0 Å². The SMILES string of the molecule is CCCC(C(=O)OCC)N(C)CC1CCCN1. The number of nitrogens with one attached hydrogen (secondary N) is 1. The molecule has 100 valence electrons. The molecule has 0 radical (unpaired) electrons. The van der Waals surface area contributed by atoms with Gasteiger partial charge in [-0.15, -0.1) is 0 Å². The molecule has 2 unspecified atom stereocenters. The second-order valence-corrected chi connectivity index (χ2v) is 4.79. The molecule has 0 amide bonds. The Morgan fingerprint density at radius 2 is 2.29 bits per heavy atom. The maximum atomic E-state index is 11.9. The predicted molar refractivity (Wildman–Crippen MR) is 69.0 cm³/mol. The van der Waals surface area contributed by atoms with Crippen molar-refractivity contribution in [2.75, 3.05) is 26.7 Å². The second-order valence-electron chi connectivity index (χ2n) is 4.79. The molecule has 0 saturated carbocycles. The molecule has 1 fully saturated rings. The number of ether oxygens (including phenoxy) is 1. The van der Waals surface area contributed by atoms with Gasteiger partial charge < -0.3 is 10.1 Å². The second kappa shape index (κ2) is 7.67. The summed E-state index contributed by atoms with van der Waals surface area (Å²) in [5.41, 5.74) is 0. The number of nitrogens with zero attached hydrogens (tertiary/aromatic N) is 1. The predicted octanol–water partition coefficient (Wildman–Crippen LogP) is 1.40. The van der Waals surface area contributed by atoms with E-state index < -0.39 is 0 Å². The summed E-state index contributed by atoms with van der Waals surface area (Å²) in [6.07, 6.45) is 4.34. The molecule has 4 nitrogen and oxygen atoms in total. The van der Waals surface area contributed by atoms with Gasteiger partial charge in [0.1, 0.15) is 6.04 Å². The van der Waals surface area contributed by atoms with Crippen molar-refractivity contribution in [3.05, 3.63) is 0 Å². The van der Waals surface area contributed by atoms with E-state index in [9.17, 15) is 4.79 Å². The Labute approximate surface area is 105 Å². The average molecular weight is 242 g/mol. The van der Waals surface area contributed by atoms with Crippen LogP contribution in [0, 0.1) is 0 Å². The lowest BCUT2D eigenvalue weighted by Gasteiger charge is -2.28. The first-order valence-corrected chi connectivity index (χ1v) is 6.79. The van der Waals surface area contributed by atoms with Crippen molar-refractivity contribution in [1.82, 2.24) is 10.2 Å². The lowest BCUT2D eigenvalue weighted by Crippen LogP contribution is -2.45. The van der Waals surface area contributed by atoms with Crippen molar-refractivity contribution in [3.63, 3.8) is 0 Å². The van der Waals surface area contributed by atoms with Crippen molar-refractivity contribution >= 4 is 5.97 Å². The maximum absolute atomic E-state index is 11.9. The summed E-state index contributed by atoms with van der Waals surface area (Å²) in [7, 11) is 2.03. The fourth-order valence-corrected chi connectivity index (χ4v) is 2.42. The lowest BCUT2D eigenvalue weighted by atomic mass is 10.1. The van der Waals surface area contributed by atoms with Crippen LogP contribution in [0.5, 0.6) is 0 Å². The van der Waals surface area contributed by atoms with Gasteiger partial charge in [-0.2, -0.15) is 0 Å². The van der Waals surface area contributed by atoms with Gasteiger partial charge in [0.2, 0.25) is 0 Å². The number of carbonyl (C=O) groups excluding carboxylic acids is 1. The first kappa shape index (κ1) is 14.5. The van der Waals surface area contributed by atoms with Crippen LogP contribution in [0.15, 0.2) is 0 Å². The van der Waals surface area contributed by atoms with Gasteiger partial charge in [-0.3, -0.25) is 9.69 Å². The number of esters is 1. The molecule has 0 bridgehead atoms. The molecule has 1 heterocycles. The molecule has 0 aromatic rings. The highest BCUT2D eigenvalue weighted by Crippen LogP contribution is 2.12. The number of carbonyl (C=O) groups is 1. The summed E-state index contributed by atoms with van der Waals surface area (Å²) in [5, 5.41) is 3.46. The van der Waals surface area contributed by atoms with Crippen molar-refractivity contribution in [3.8, 4) is 0 Å². The van der Waals surface area contributed by atoms with Crippen molar-refractivity contribution in [2.45, 2.75) is 51.6 Å². The Kier molecular flexibility index (Phi) is 6.52. The Morgan fingerprint density at radius 3 is 2.82 bits per heavy atom. The highest BCUT2D eigenvalue weighted by molar-refractivity contribution is 5.75. The van der Waals surface area contributed by atoms with E-state index in [1.54, 1.807) is 0 Å². The van der Waals surface area contributed by atoms with Crippen LogP contribution in [0.1, 0.15) is 39.5 Å². The Bertz CT molecular complexity index is 227. The molecule has 1 N–H and O–H groups in total. The van der Waals surface area contributed by atoms with Gasteiger partial charge in [-0.1, -0.05) is 13.3 Å². The molecule has 4 heteroatoms. The first-order chi connectivity index (χ1) is 8.19. The van der Waals surface area contributed by atoms with Crippen LogP contribution in [0.25, 0.3) is 0 Å². The van der Waals surface area contributed by atoms with Crippen LogP contribution >= 0.6 is 0 Å². The van der Waals surface area contributed by atoms with E-state index in [0.717, 1.165) is 25.9 Å². The van der Waals surface area contributed by atoms with Crippen LogP contribution in [0.4, 0.5) is 0 Å². The summed E-state index contributed by atoms with van der Waals surface area (Å²) in [5.74, 6) is -0.0742. The summed E-state index contributed by atoms with van der Waals surface area (Å²) in [6.45, 7) is 6.47. The molecule has 0 spiro atoms. The van der Waals surface area contributed by atoms with E-state index in [0.29, 0.717) is 12.6 Å². The van der Waals surface area contributed by atoms with Crippen LogP contribution in [-0.4, -0.2) is 49.7 Å². The van der Waals surface area contributed by atoms with Crippen molar-refractivity contribution in [1.29, 1.82) is 0 Å². The normalized spacial score (nSPS) is 21.8. The molecule has 1 aliphatic rings. The van der Waals surface area contributed by atoms with E-state index in [2.05, 4.69) is 17.1 Å². The van der Waals surface area contributed by atoms with E-state index >= 15 is 0 Å². The summed E-state index contributed by atoms with van der Waals surface area (Å²) in [4.78, 5) is 14.0. The molecule has 1 aliphatic heterocycles. The smallest absolute Gasteiger partial charge is 0.323 e. The van der Waals surface area contributed by atoms with E-state index in [-0.39, 0.29) is 12.0 Å². The average Bonchev–Trinajstić information content (AvgIpc) is 2.78. The van der Waals surface area contributed by atoms with Gasteiger partial charge in [0.05, 0.1) is 6.61 Å². The lowest BCUT2D eigenvalue weighted by molar-refractivity contribution is -0.149. The summed E-state index contributed by atoms with van der Waals surface area (Å²) >= 11 is 0. The quantitative estimate of drug-likeness (QED) is 0.685. The molecule has 0 aromatic carbocycles. The molecular weight excluding hydrogens is 216 g/mol. The Hall–Kier alpha value is -0.610. The van der Waals surface area contributed by atoms with Gasteiger partial charge in [0.25, 0.3) is 0 Å². The minimum Gasteiger partial charge on any atom is -0.465 e. The van der Waals surface area contributed by atoms with Gasteiger partial charge in [0, 0.05) is 12.6 Å². The molecular formula is C13H26N2O2. The molecule has 0 aliphatic carbocycles. The summed E-state index contributed by atoms with van der Waals surface area (Å²) < 4.78 is 5.14. The van der Waals surface area contributed by atoms with Gasteiger partial charge in [0.15, 0.2) is 0 Å². The molecule has 1 rings (SSSR count). The minimum absolute atomic E-state index is 0.0742. The monoisotopic (exact) mass is 242 g/mol. The molecule has 17 heavy (non-hydrogen) atoms. The molecule has 1 saturated heterocycles. The fourth-order valence-electron chi connectivity index (χ4n) is 2.42. The van der Waals surface area contributed by atoms with Crippen LogP contribution in [-0.2, 0) is 9.53 Å². The van der Waals surface area contributed by atoms with Gasteiger partial charge >= 0.3 is 5.97 Å². The largest absolute Gasteiger partial charge is 0.465 e. The third-order valence-electron chi connectivity index (χ3n) is 3.32. The van der Waals surface area contributed by atoms with Gasteiger partial charge in [-0.05, 0) is 39.8 Å². The number of likely N-dealkylation sites (N-methyl/N-ethyl adjacent to an activating group) is 1. The Balaban J connectivity index is 2.46. The number of rotatable bonds is 7. The number of hydrogen-bond acceptors (Lipinski definition) is 4. The third kappa shape index (κ3) is 4.64. The highest BCUT2D eigenvalue weighted by atomic mass is 16.5. The van der Waals surface area contributed by atoms with Crippen LogP contribution in [0.3, 0.4) is 0 Å². The fraction of sp³-hybridized carbons (Fsp3) is 0.923. The molecule has 2 atom stereocenters. The van der Waals surface area contributed by atoms with Crippen LogP contribution < -0.4 is 5.32 Å². The third-order valence-corrected chi connectivity index (χ3v) is 3.32. The van der Waals surface area contributed by atoms with E-state index in [4.69, 9.17) is 4.74 Å².